The van der Waals surface area contributed by atoms with E-state index in [1.54, 1.807) is 6.92 Å². The highest BCUT2D eigenvalue weighted by Crippen LogP contribution is 2.65. The number of Topliss-reactive ketones (excluding diaryl/α,β-unsaturated/α-hetero) is 1. The molecule has 3 rings (SSSR count). The maximum atomic E-state index is 14.3. The Hall–Kier alpha value is -1.27. The quantitative estimate of drug-likeness (QED) is 0.720. The number of esters is 1. The molecule has 1 saturated heterocycles. The Bertz CT molecular complexity index is 718. The minimum atomic E-state index is -1.51. The maximum Gasteiger partial charge on any atom is 0.303 e. The zero-order chi connectivity index (χ0) is 21.3. The second-order valence-electron chi connectivity index (χ2n) is 10.3. The summed E-state index contributed by atoms with van der Waals surface area (Å²) in [5.74, 6) is -2.29. The molecule has 3 aliphatic rings. The monoisotopic (exact) mass is 396 g/mol. The van der Waals surface area contributed by atoms with Crippen LogP contribution < -0.4 is 0 Å². The summed E-state index contributed by atoms with van der Waals surface area (Å²) in [5.41, 5.74) is -3.63. The van der Waals surface area contributed by atoms with Crippen molar-refractivity contribution < 1.29 is 28.6 Å². The molecule has 7 atom stereocenters. The summed E-state index contributed by atoms with van der Waals surface area (Å²) in [6, 6.07) is 0. The van der Waals surface area contributed by atoms with Gasteiger partial charge in [-0.25, -0.2) is 4.39 Å². The molecule has 0 aromatic carbocycles. The van der Waals surface area contributed by atoms with E-state index in [1.165, 1.54) is 13.8 Å². The standard InChI is InChI=1S/C22H33FO5/c1-12(23)21(6)11-14(25)16-20(5)10-8-9-19(3,4)17(20)15(26)18(27-13(2)24)22(16,7)28-21/h15-18,26H,1,8-11H2,2-7H3/t15-,16?,17-,18-,20+,21+,22-/m0/s1. The number of ketones is 1. The normalized spacial score (nSPS) is 47.6. The number of ether oxygens (including phenoxy) is 2. The Kier molecular flexibility index (Phi) is 4.87. The molecular formula is C22H33FO5. The van der Waals surface area contributed by atoms with Gasteiger partial charge in [0.25, 0.3) is 0 Å². The van der Waals surface area contributed by atoms with Crippen molar-refractivity contribution in [1.82, 2.24) is 0 Å². The highest BCUT2D eigenvalue weighted by atomic mass is 19.1. The van der Waals surface area contributed by atoms with Gasteiger partial charge in [0.05, 0.1) is 12.0 Å². The Morgan fingerprint density at radius 2 is 1.86 bits per heavy atom. The lowest BCUT2D eigenvalue weighted by Gasteiger charge is -2.67. The molecule has 5 nitrogen and oxygen atoms in total. The van der Waals surface area contributed by atoms with Crippen LogP contribution in [0.25, 0.3) is 0 Å². The van der Waals surface area contributed by atoms with Gasteiger partial charge in [-0.05, 0) is 43.4 Å². The molecule has 28 heavy (non-hydrogen) atoms. The van der Waals surface area contributed by atoms with Gasteiger partial charge in [-0.15, -0.1) is 0 Å². The predicted molar refractivity (Wildman–Crippen MR) is 102 cm³/mol. The Labute approximate surface area is 166 Å². The second-order valence-corrected chi connectivity index (χ2v) is 10.3. The molecule has 1 aliphatic heterocycles. The van der Waals surface area contributed by atoms with Gasteiger partial charge >= 0.3 is 5.97 Å². The van der Waals surface area contributed by atoms with E-state index < -0.39 is 46.5 Å². The van der Waals surface area contributed by atoms with E-state index in [0.29, 0.717) is 0 Å². The van der Waals surface area contributed by atoms with Crippen molar-refractivity contribution in [2.24, 2.45) is 22.7 Å². The summed E-state index contributed by atoms with van der Waals surface area (Å²) in [5, 5.41) is 11.4. The summed E-state index contributed by atoms with van der Waals surface area (Å²) < 4.78 is 26.1. The molecule has 0 aromatic heterocycles. The van der Waals surface area contributed by atoms with E-state index in [2.05, 4.69) is 20.4 Å². The van der Waals surface area contributed by atoms with E-state index >= 15 is 0 Å². The third kappa shape index (κ3) is 2.86. The van der Waals surface area contributed by atoms with E-state index in [9.17, 15) is 19.1 Å². The molecule has 3 fully saturated rings. The first-order chi connectivity index (χ1) is 12.7. The van der Waals surface area contributed by atoms with Crippen LogP contribution in [-0.4, -0.2) is 40.3 Å². The smallest absolute Gasteiger partial charge is 0.303 e. The SMILES string of the molecule is C=C(F)[C@@]1(C)CC(=O)C2[C@](C)(O1)[C@@H](OC(C)=O)[C@@H](O)[C@H]1C(C)(C)CCC[C@]21C. The van der Waals surface area contributed by atoms with Crippen LogP contribution in [0.5, 0.6) is 0 Å². The first kappa shape index (κ1) is 21.4. The maximum absolute atomic E-state index is 14.3. The van der Waals surface area contributed by atoms with Crippen LogP contribution >= 0.6 is 0 Å². The van der Waals surface area contributed by atoms with Crippen LogP contribution in [-0.2, 0) is 19.1 Å². The molecule has 0 aromatic rings. The molecule has 1 N–H and O–H groups in total. The van der Waals surface area contributed by atoms with Crippen molar-refractivity contribution in [2.75, 3.05) is 0 Å². The van der Waals surface area contributed by atoms with Gasteiger partial charge in [0.15, 0.2) is 6.10 Å². The predicted octanol–water partition coefficient (Wildman–Crippen LogP) is 3.73. The van der Waals surface area contributed by atoms with Crippen LogP contribution in [0.1, 0.15) is 67.2 Å². The van der Waals surface area contributed by atoms with Crippen LogP contribution in [0.3, 0.4) is 0 Å². The third-order valence-electron chi connectivity index (χ3n) is 7.68. The number of hydrogen-bond donors (Lipinski definition) is 1. The van der Waals surface area contributed by atoms with Crippen LogP contribution in [0.2, 0.25) is 0 Å². The number of aliphatic hydroxyl groups excluding tert-OH is 1. The van der Waals surface area contributed by atoms with Crippen molar-refractivity contribution in [1.29, 1.82) is 0 Å². The fourth-order valence-corrected chi connectivity index (χ4v) is 6.91. The Balaban J connectivity index is 2.20. The molecule has 0 spiro atoms. The fourth-order valence-electron chi connectivity index (χ4n) is 6.91. The summed E-state index contributed by atoms with van der Waals surface area (Å²) in [7, 11) is 0. The zero-order valence-corrected chi connectivity index (χ0v) is 17.8. The molecule has 0 amide bonds. The van der Waals surface area contributed by atoms with E-state index in [0.717, 1.165) is 19.3 Å². The fraction of sp³-hybridized carbons (Fsp3) is 0.818. The molecule has 2 saturated carbocycles. The van der Waals surface area contributed by atoms with E-state index in [-0.39, 0.29) is 23.5 Å². The van der Waals surface area contributed by atoms with Crippen molar-refractivity contribution in [3.63, 3.8) is 0 Å². The average Bonchev–Trinajstić information content (AvgIpc) is 2.48. The van der Waals surface area contributed by atoms with Crippen molar-refractivity contribution in [2.45, 2.75) is 90.6 Å². The minimum absolute atomic E-state index is 0.117. The lowest BCUT2D eigenvalue weighted by Crippen LogP contribution is -2.75. The number of rotatable bonds is 2. The number of carbonyl (C=O) groups is 2. The minimum Gasteiger partial charge on any atom is -0.457 e. The lowest BCUT2D eigenvalue weighted by atomic mass is 9.42. The van der Waals surface area contributed by atoms with E-state index in [1.807, 2.05) is 6.92 Å². The van der Waals surface area contributed by atoms with Crippen LogP contribution in [0.15, 0.2) is 12.4 Å². The van der Waals surface area contributed by atoms with Crippen molar-refractivity contribution in [3.05, 3.63) is 12.4 Å². The van der Waals surface area contributed by atoms with Gasteiger partial charge in [0.1, 0.15) is 22.8 Å². The molecule has 6 heteroatoms. The number of fused-ring (bicyclic) bond motifs is 3. The number of hydrogen-bond acceptors (Lipinski definition) is 5. The summed E-state index contributed by atoms with van der Waals surface area (Å²) >= 11 is 0. The average molecular weight is 396 g/mol. The Morgan fingerprint density at radius 3 is 2.39 bits per heavy atom. The number of aliphatic hydroxyl groups is 1. The lowest BCUT2D eigenvalue weighted by molar-refractivity contribution is -0.310. The zero-order valence-electron chi connectivity index (χ0n) is 17.8. The van der Waals surface area contributed by atoms with Gasteiger partial charge in [-0.3, -0.25) is 9.59 Å². The third-order valence-corrected chi connectivity index (χ3v) is 7.68. The number of carbonyl (C=O) groups excluding carboxylic acids is 2. The molecule has 0 bridgehead atoms. The van der Waals surface area contributed by atoms with Gasteiger partial charge in [0, 0.05) is 13.3 Å². The van der Waals surface area contributed by atoms with Gasteiger partial charge in [-0.2, -0.15) is 0 Å². The molecule has 1 heterocycles. The molecule has 0 radical (unpaired) electrons. The van der Waals surface area contributed by atoms with Crippen molar-refractivity contribution >= 4 is 11.8 Å². The highest BCUT2D eigenvalue weighted by molar-refractivity contribution is 5.86. The van der Waals surface area contributed by atoms with Gasteiger partial charge in [-0.1, -0.05) is 33.8 Å². The molecule has 1 unspecified atom stereocenters. The summed E-state index contributed by atoms with van der Waals surface area (Å²) in [6.45, 7) is 14.0. The topological polar surface area (TPSA) is 72.8 Å². The Morgan fingerprint density at radius 1 is 1.25 bits per heavy atom. The second kappa shape index (κ2) is 6.36. The molecule has 158 valence electrons. The molecular weight excluding hydrogens is 363 g/mol. The van der Waals surface area contributed by atoms with Crippen LogP contribution in [0, 0.1) is 22.7 Å². The van der Waals surface area contributed by atoms with Crippen molar-refractivity contribution in [3.8, 4) is 0 Å². The highest BCUT2D eigenvalue weighted by Gasteiger charge is 2.72. The first-order valence-corrected chi connectivity index (χ1v) is 10.1. The van der Waals surface area contributed by atoms with Crippen LogP contribution in [0.4, 0.5) is 4.39 Å². The molecule has 2 aliphatic carbocycles. The van der Waals surface area contributed by atoms with Gasteiger partial charge in [0.2, 0.25) is 0 Å². The summed E-state index contributed by atoms with van der Waals surface area (Å²) in [4.78, 5) is 25.3. The number of halogens is 1. The van der Waals surface area contributed by atoms with E-state index in [4.69, 9.17) is 9.47 Å². The summed E-state index contributed by atoms with van der Waals surface area (Å²) in [6.07, 6.45) is 0.399. The largest absolute Gasteiger partial charge is 0.457 e. The first-order valence-electron chi connectivity index (χ1n) is 10.1. The van der Waals surface area contributed by atoms with Gasteiger partial charge < -0.3 is 14.6 Å².